The number of fused-ring (bicyclic) bond motifs is 2. The van der Waals surface area contributed by atoms with E-state index in [9.17, 15) is 14.4 Å². The molecule has 10 nitrogen and oxygen atoms in total. The van der Waals surface area contributed by atoms with Gasteiger partial charge in [0.25, 0.3) is 5.91 Å². The topological polar surface area (TPSA) is 111 Å². The largest absolute Gasteiger partial charge is 0.340 e. The summed E-state index contributed by atoms with van der Waals surface area (Å²) in [5, 5.41) is 5.21. The van der Waals surface area contributed by atoms with E-state index < -0.39 is 18.2 Å². The molecule has 0 saturated carbocycles. The fourth-order valence-corrected chi connectivity index (χ4v) is 5.36. The number of imidazole rings is 1. The average Bonchev–Trinajstić information content (AvgIpc) is 3.41. The zero-order chi connectivity index (χ0) is 24.0. The summed E-state index contributed by atoms with van der Waals surface area (Å²) in [7, 11) is 0. The summed E-state index contributed by atoms with van der Waals surface area (Å²) in [6, 6.07) is 6.35. The van der Waals surface area contributed by atoms with Crippen LogP contribution in [0.4, 0.5) is 10.5 Å². The number of imide groups is 1. The molecule has 5 rings (SSSR count). The normalized spacial score (nSPS) is 19.9. The van der Waals surface area contributed by atoms with Crippen LogP contribution in [0.1, 0.15) is 25.1 Å². The number of carbonyl (C=O) groups excluding carboxylic acids is 3. The molecule has 2 aliphatic heterocycles. The molecule has 3 aromatic rings. The van der Waals surface area contributed by atoms with Gasteiger partial charge in [0.15, 0.2) is 17.2 Å². The van der Waals surface area contributed by atoms with Crippen molar-refractivity contribution in [3.05, 3.63) is 52.3 Å². The number of likely N-dealkylation sites (N-methyl/N-ethyl adjacent to an activating group) is 1. The van der Waals surface area contributed by atoms with E-state index in [2.05, 4.69) is 15.6 Å². The first-order valence-electron chi connectivity index (χ1n) is 10.8. The first-order valence-corrected chi connectivity index (χ1v) is 12.0. The molecule has 12 heteroatoms. The zero-order valence-electron chi connectivity index (χ0n) is 18.5. The second-order valence-corrected chi connectivity index (χ2v) is 9.76. The van der Waals surface area contributed by atoms with Crippen molar-refractivity contribution < 1.29 is 14.4 Å². The third-order valence-electron chi connectivity index (χ3n) is 5.79. The predicted octanol–water partition coefficient (Wildman–Crippen LogP) is 2.73. The van der Waals surface area contributed by atoms with Crippen LogP contribution in [0.25, 0.3) is 4.96 Å². The summed E-state index contributed by atoms with van der Waals surface area (Å²) in [5.41, 5.74) is 2.42. The van der Waals surface area contributed by atoms with Gasteiger partial charge < -0.3 is 10.2 Å². The van der Waals surface area contributed by atoms with Crippen LogP contribution in [-0.2, 0) is 22.6 Å². The van der Waals surface area contributed by atoms with Crippen LogP contribution < -0.4 is 10.6 Å². The van der Waals surface area contributed by atoms with Crippen molar-refractivity contribution in [2.75, 3.05) is 11.9 Å². The third-order valence-corrected chi connectivity index (χ3v) is 6.91. The van der Waals surface area contributed by atoms with E-state index in [4.69, 9.17) is 16.6 Å². The summed E-state index contributed by atoms with van der Waals surface area (Å²) < 4.78 is 2.52. The molecule has 0 aliphatic carbocycles. The monoisotopic (exact) mass is 499 g/mol. The highest BCUT2D eigenvalue weighted by Crippen LogP contribution is 2.29. The highest BCUT2D eigenvalue weighted by atomic mass is 35.5. The highest BCUT2D eigenvalue weighted by Gasteiger charge is 2.49. The van der Waals surface area contributed by atoms with E-state index in [1.54, 1.807) is 11.1 Å². The van der Waals surface area contributed by atoms with Crippen LogP contribution in [0.2, 0.25) is 4.34 Å². The van der Waals surface area contributed by atoms with Crippen molar-refractivity contribution in [1.29, 1.82) is 0 Å². The van der Waals surface area contributed by atoms with Gasteiger partial charge in [-0.15, -0.1) is 0 Å². The Morgan fingerprint density at radius 1 is 1.21 bits per heavy atom. The Morgan fingerprint density at radius 2 is 1.97 bits per heavy atom. The molecule has 2 atom stereocenters. The number of urea groups is 1. The lowest BCUT2D eigenvalue weighted by atomic mass is 10.1. The number of aromatic nitrogens is 2. The van der Waals surface area contributed by atoms with Crippen LogP contribution in [0.15, 0.2) is 41.7 Å². The summed E-state index contributed by atoms with van der Waals surface area (Å²) >= 11 is 7.45. The van der Waals surface area contributed by atoms with Gasteiger partial charge in [-0.3, -0.25) is 24.2 Å². The molecule has 1 fully saturated rings. The van der Waals surface area contributed by atoms with Gasteiger partial charge in [-0.05, 0) is 24.6 Å². The number of anilines is 1. The zero-order valence-corrected chi connectivity index (χ0v) is 20.1. The Labute approximate surface area is 204 Å². The standard InChI is InChI=1S/C22H22ClN7O3S/c1-3-29-19-18(20(32)27-21(29)33)30(9-13-4-6-14(7-5-13)24-12(2)31)17(26-19)8-15-10-28-11-16(23)34-22(28)25-15/h4-7,10-11,18-19H,3,8-9H2,1-2H3,(H,24,31)(H,27,32,33). The molecule has 34 heavy (non-hydrogen) atoms. The molecule has 4 amide bonds. The summed E-state index contributed by atoms with van der Waals surface area (Å²) in [6.45, 7) is 4.15. The summed E-state index contributed by atoms with van der Waals surface area (Å²) in [6.07, 6.45) is 3.50. The van der Waals surface area contributed by atoms with Crippen LogP contribution in [0.5, 0.6) is 0 Å². The van der Waals surface area contributed by atoms with Crippen LogP contribution in [0.3, 0.4) is 0 Å². The molecule has 1 aromatic carbocycles. The Morgan fingerprint density at radius 3 is 2.65 bits per heavy atom. The smallest absolute Gasteiger partial charge is 0.325 e. The maximum absolute atomic E-state index is 12.9. The van der Waals surface area contributed by atoms with Gasteiger partial charge in [0.2, 0.25) is 5.91 Å². The summed E-state index contributed by atoms with van der Waals surface area (Å²) in [4.78, 5) is 50.3. The van der Waals surface area contributed by atoms with Crippen molar-refractivity contribution >= 4 is 57.3 Å². The van der Waals surface area contributed by atoms with Crippen LogP contribution >= 0.6 is 22.9 Å². The molecule has 2 aliphatic rings. The Kier molecular flexibility index (Phi) is 5.74. The van der Waals surface area contributed by atoms with Gasteiger partial charge in [-0.1, -0.05) is 35.1 Å². The fraction of sp³-hybridized carbons (Fsp3) is 0.318. The van der Waals surface area contributed by atoms with Crippen molar-refractivity contribution in [3.63, 3.8) is 0 Å². The second kappa shape index (κ2) is 8.73. The quantitative estimate of drug-likeness (QED) is 0.541. The van der Waals surface area contributed by atoms with E-state index in [0.717, 1.165) is 16.2 Å². The lowest BCUT2D eigenvalue weighted by Crippen LogP contribution is -2.64. The van der Waals surface area contributed by atoms with Crippen molar-refractivity contribution in [2.45, 2.75) is 39.0 Å². The average molecular weight is 500 g/mol. The van der Waals surface area contributed by atoms with Gasteiger partial charge in [0.05, 0.1) is 5.69 Å². The number of thiazole rings is 1. The van der Waals surface area contributed by atoms with Gasteiger partial charge in [0.1, 0.15) is 10.2 Å². The first kappa shape index (κ1) is 22.4. The minimum absolute atomic E-state index is 0.144. The molecule has 2 N–H and O–H groups in total. The van der Waals surface area contributed by atoms with E-state index >= 15 is 0 Å². The SMILES string of the molecule is CCN1C(=O)NC(=O)C2C1N=C(Cc1cn3cc(Cl)sc3n1)N2Cc1ccc(NC(C)=O)cc1. The van der Waals surface area contributed by atoms with Gasteiger partial charge in [-0.2, -0.15) is 0 Å². The Hall–Kier alpha value is -3.44. The predicted molar refractivity (Wildman–Crippen MR) is 129 cm³/mol. The number of nitrogens with one attached hydrogen (secondary N) is 2. The molecule has 0 spiro atoms. The fourth-order valence-electron chi connectivity index (χ4n) is 4.33. The van der Waals surface area contributed by atoms with E-state index in [-0.39, 0.29) is 11.8 Å². The number of hydrogen-bond acceptors (Lipinski definition) is 7. The molecular formula is C22H22ClN7O3S. The molecule has 176 valence electrons. The minimum Gasteiger partial charge on any atom is -0.340 e. The first-order chi connectivity index (χ1) is 16.3. The van der Waals surface area contributed by atoms with Crippen molar-refractivity contribution in [2.24, 2.45) is 4.99 Å². The number of amidine groups is 1. The molecule has 4 heterocycles. The van der Waals surface area contributed by atoms with Crippen molar-refractivity contribution in [1.82, 2.24) is 24.5 Å². The molecular weight excluding hydrogens is 478 g/mol. The molecule has 2 unspecified atom stereocenters. The van der Waals surface area contributed by atoms with Crippen molar-refractivity contribution in [3.8, 4) is 0 Å². The van der Waals surface area contributed by atoms with Gasteiger partial charge in [0, 0.05) is 44.5 Å². The van der Waals surface area contributed by atoms with Crippen LogP contribution in [0, 0.1) is 0 Å². The highest BCUT2D eigenvalue weighted by molar-refractivity contribution is 7.20. The number of halogens is 1. The molecule has 1 saturated heterocycles. The number of hydrogen-bond donors (Lipinski definition) is 2. The number of nitrogens with zero attached hydrogens (tertiary/aromatic N) is 5. The van der Waals surface area contributed by atoms with E-state index in [1.807, 2.05) is 46.7 Å². The lowest BCUT2D eigenvalue weighted by Gasteiger charge is -2.37. The van der Waals surface area contributed by atoms with Gasteiger partial charge >= 0.3 is 6.03 Å². The van der Waals surface area contributed by atoms with Gasteiger partial charge in [-0.25, -0.2) is 14.8 Å². The third kappa shape index (κ3) is 4.12. The number of benzene rings is 1. The Balaban J connectivity index is 1.46. The maximum Gasteiger partial charge on any atom is 0.325 e. The number of carbonyl (C=O) groups is 3. The van der Waals surface area contributed by atoms with E-state index in [0.29, 0.717) is 35.4 Å². The lowest BCUT2D eigenvalue weighted by molar-refractivity contribution is -0.127. The summed E-state index contributed by atoms with van der Waals surface area (Å²) in [5.74, 6) is 0.168. The van der Waals surface area contributed by atoms with E-state index in [1.165, 1.54) is 18.3 Å². The minimum atomic E-state index is -0.638. The second-order valence-electron chi connectivity index (χ2n) is 8.12. The van der Waals surface area contributed by atoms with Crippen LogP contribution in [-0.4, -0.2) is 61.6 Å². The number of aliphatic imine (C=N–C) groups is 1. The Bertz CT molecular complexity index is 1280. The molecule has 2 aromatic heterocycles. The number of amides is 4. The molecule has 0 radical (unpaired) electrons. The number of rotatable bonds is 6. The molecule has 0 bridgehead atoms. The maximum atomic E-state index is 12.9.